The molecule has 0 saturated carbocycles. The number of rotatable bonds is 6. The molecule has 1 aromatic heterocycles. The summed E-state index contributed by atoms with van der Waals surface area (Å²) in [4.78, 5) is 15.1. The number of hydrogen-bond acceptors (Lipinski definition) is 4. The van der Waals surface area contributed by atoms with Crippen LogP contribution in [0.4, 0.5) is 0 Å². The molecule has 4 nitrogen and oxygen atoms in total. The quantitative estimate of drug-likeness (QED) is 0.160. The Morgan fingerprint density at radius 3 is 1.64 bits per heavy atom. The summed E-state index contributed by atoms with van der Waals surface area (Å²) in [5.74, 6) is 1.85. The molecule has 55 heavy (non-hydrogen) atoms. The van der Waals surface area contributed by atoms with Crippen molar-refractivity contribution in [1.82, 2.24) is 15.0 Å². The minimum atomic E-state index is -2.74. The van der Waals surface area contributed by atoms with Crippen molar-refractivity contribution in [3.05, 3.63) is 188 Å². The zero-order chi connectivity index (χ0) is 36.9. The van der Waals surface area contributed by atoms with E-state index in [1.54, 1.807) is 0 Å². The molecule has 9 aromatic rings. The van der Waals surface area contributed by atoms with E-state index in [9.17, 15) is 4.57 Å². The van der Waals surface area contributed by atoms with Crippen LogP contribution in [0.3, 0.4) is 0 Å². The molecule has 0 spiro atoms. The summed E-state index contributed by atoms with van der Waals surface area (Å²) in [6.45, 7) is 1.90. The van der Waals surface area contributed by atoms with Gasteiger partial charge < -0.3 is 4.57 Å². The molecule has 5 heteroatoms. The van der Waals surface area contributed by atoms with E-state index >= 15 is 0 Å². The lowest BCUT2D eigenvalue weighted by Gasteiger charge is -2.18. The van der Waals surface area contributed by atoms with Crippen LogP contribution in [0, 0.1) is 0 Å². The summed E-state index contributed by atoms with van der Waals surface area (Å²) in [5, 5.41) is 4.17. The van der Waals surface area contributed by atoms with Crippen molar-refractivity contribution in [2.45, 2.75) is 0 Å². The third-order valence-corrected chi connectivity index (χ3v) is 13.3. The second-order valence-electron chi connectivity index (χ2n) is 14.0. The summed E-state index contributed by atoms with van der Waals surface area (Å²) in [6, 6.07) is 64.7. The molecular weight excluding hydrogens is 690 g/mol. The molecular formula is C50H34N3OP. The van der Waals surface area contributed by atoms with Crippen LogP contribution in [0.25, 0.3) is 89.4 Å². The van der Waals surface area contributed by atoms with Gasteiger partial charge in [-0.05, 0) is 62.4 Å². The number of aromatic nitrogens is 3. The van der Waals surface area contributed by atoms with Crippen molar-refractivity contribution < 1.29 is 4.57 Å². The Labute approximate surface area is 320 Å². The first-order valence-corrected chi connectivity index (χ1v) is 20.6. The van der Waals surface area contributed by atoms with Gasteiger partial charge in [0.05, 0.1) is 0 Å². The first-order valence-electron chi connectivity index (χ1n) is 18.4. The van der Waals surface area contributed by atoms with Crippen LogP contribution < -0.4 is 10.6 Å². The molecule has 10 rings (SSSR count). The highest BCUT2D eigenvalue weighted by atomic mass is 31.2. The van der Waals surface area contributed by atoms with Crippen molar-refractivity contribution in [1.29, 1.82) is 0 Å². The van der Waals surface area contributed by atoms with Gasteiger partial charge in [0.15, 0.2) is 17.5 Å². The maximum Gasteiger partial charge on any atom is 0.164 e. The van der Waals surface area contributed by atoms with Crippen LogP contribution in [-0.4, -0.2) is 21.6 Å². The molecule has 0 fully saturated rings. The lowest BCUT2D eigenvalue weighted by molar-refractivity contribution is 0.591. The highest BCUT2D eigenvalue weighted by Crippen LogP contribution is 2.53. The van der Waals surface area contributed by atoms with Crippen LogP contribution in [-0.2, 0) is 4.57 Å². The van der Waals surface area contributed by atoms with Crippen LogP contribution in [0.2, 0.25) is 0 Å². The predicted molar refractivity (Wildman–Crippen MR) is 228 cm³/mol. The maximum absolute atomic E-state index is 14.3. The molecule has 1 atom stereocenters. The fourth-order valence-corrected chi connectivity index (χ4v) is 10.3. The fourth-order valence-electron chi connectivity index (χ4n) is 8.00. The molecule has 1 aliphatic rings. The summed E-state index contributed by atoms with van der Waals surface area (Å²) >= 11 is 0. The second kappa shape index (κ2) is 13.3. The summed E-state index contributed by atoms with van der Waals surface area (Å²) in [6.07, 6.45) is 0. The van der Waals surface area contributed by atoms with Gasteiger partial charge in [-0.2, -0.15) is 0 Å². The molecule has 260 valence electrons. The number of fused-ring (bicyclic) bond motifs is 4. The Balaban J connectivity index is 1.12. The van der Waals surface area contributed by atoms with Gasteiger partial charge in [0.25, 0.3) is 0 Å². The van der Waals surface area contributed by atoms with Gasteiger partial charge in [-0.3, -0.25) is 0 Å². The lowest BCUT2D eigenvalue weighted by Crippen LogP contribution is -2.08. The molecule has 2 heterocycles. The molecule has 8 aromatic carbocycles. The summed E-state index contributed by atoms with van der Waals surface area (Å²) in [7, 11) is -2.74. The Morgan fingerprint density at radius 1 is 0.364 bits per heavy atom. The van der Waals surface area contributed by atoms with E-state index in [4.69, 9.17) is 15.0 Å². The zero-order valence-corrected chi connectivity index (χ0v) is 31.0. The van der Waals surface area contributed by atoms with E-state index in [0.29, 0.717) is 17.5 Å². The smallest absolute Gasteiger partial charge is 0.164 e. The second-order valence-corrected chi connectivity index (χ2v) is 16.9. The molecule has 0 bridgehead atoms. The summed E-state index contributed by atoms with van der Waals surface area (Å²) < 4.78 is 14.3. The Hall–Kier alpha value is -6.74. The monoisotopic (exact) mass is 723 g/mol. The highest BCUT2D eigenvalue weighted by molar-refractivity contribution is 7.79. The SMILES string of the molecule is CP1(=O)c2ccccc2-c2c(-c3ccc4ccccc4c3-c3ccc(-c4nc(-c5ccccc5)nc(-c5cccc(-c6ccccc6)c5)n4)cc3)cccc21. The van der Waals surface area contributed by atoms with Crippen LogP contribution in [0.15, 0.2) is 188 Å². The first kappa shape index (κ1) is 32.9. The third kappa shape index (κ3) is 5.71. The minimum absolute atomic E-state index is 0.606. The van der Waals surface area contributed by atoms with Gasteiger partial charge in [-0.25, -0.2) is 15.0 Å². The van der Waals surface area contributed by atoms with Crippen molar-refractivity contribution >= 4 is 28.5 Å². The average molecular weight is 724 g/mol. The fraction of sp³-hybridized carbons (Fsp3) is 0.0200. The van der Waals surface area contributed by atoms with E-state index in [-0.39, 0.29) is 0 Å². The van der Waals surface area contributed by atoms with Crippen LogP contribution in [0.1, 0.15) is 0 Å². The van der Waals surface area contributed by atoms with E-state index in [1.807, 2.05) is 67.3 Å². The van der Waals surface area contributed by atoms with Crippen molar-refractivity contribution in [3.63, 3.8) is 0 Å². The Morgan fingerprint density at radius 2 is 0.873 bits per heavy atom. The zero-order valence-electron chi connectivity index (χ0n) is 30.1. The van der Waals surface area contributed by atoms with Gasteiger partial charge in [-0.1, -0.05) is 182 Å². The van der Waals surface area contributed by atoms with Gasteiger partial charge in [0, 0.05) is 32.9 Å². The van der Waals surface area contributed by atoms with E-state index in [2.05, 4.69) is 127 Å². The molecule has 0 N–H and O–H groups in total. The standard InChI is InChI=1S/C50H34N3OP/c1-55(54)44-24-11-10-22-43(44)47-41(23-13-25-45(47)55)42-31-30-34-16-8-9-21-40(34)46(42)35-26-28-37(29-27-35)49-51-48(36-17-6-3-7-18-36)52-50(53-49)39-20-12-19-38(32-39)33-14-4-2-5-15-33/h2-32H,1H3. The van der Waals surface area contributed by atoms with Gasteiger partial charge in [0.1, 0.15) is 7.14 Å². The lowest BCUT2D eigenvalue weighted by atomic mass is 9.86. The number of nitrogens with zero attached hydrogens (tertiary/aromatic N) is 3. The Kier molecular flexibility index (Phi) is 7.94. The normalized spacial score (nSPS) is 14.4. The van der Waals surface area contributed by atoms with Crippen LogP contribution in [0.5, 0.6) is 0 Å². The largest absolute Gasteiger partial charge is 0.314 e. The molecule has 1 aliphatic heterocycles. The Bertz CT molecular complexity index is 2960. The van der Waals surface area contributed by atoms with E-state index in [0.717, 1.165) is 82.6 Å². The first-order chi connectivity index (χ1) is 27.0. The van der Waals surface area contributed by atoms with E-state index in [1.165, 1.54) is 0 Å². The topological polar surface area (TPSA) is 55.7 Å². The van der Waals surface area contributed by atoms with Gasteiger partial charge in [-0.15, -0.1) is 0 Å². The molecule has 0 radical (unpaired) electrons. The minimum Gasteiger partial charge on any atom is -0.314 e. The van der Waals surface area contributed by atoms with Crippen LogP contribution >= 0.6 is 7.14 Å². The molecule has 0 saturated heterocycles. The molecule has 0 amide bonds. The third-order valence-electron chi connectivity index (χ3n) is 10.7. The van der Waals surface area contributed by atoms with Crippen molar-refractivity contribution in [2.75, 3.05) is 6.66 Å². The number of hydrogen-bond donors (Lipinski definition) is 0. The molecule has 1 unspecified atom stereocenters. The van der Waals surface area contributed by atoms with Gasteiger partial charge in [0.2, 0.25) is 0 Å². The van der Waals surface area contributed by atoms with Gasteiger partial charge >= 0.3 is 0 Å². The van der Waals surface area contributed by atoms with Crippen molar-refractivity contribution in [2.24, 2.45) is 0 Å². The van der Waals surface area contributed by atoms with Crippen molar-refractivity contribution in [3.8, 4) is 78.7 Å². The molecule has 0 aliphatic carbocycles. The predicted octanol–water partition coefficient (Wildman–Crippen LogP) is 12.0. The highest BCUT2D eigenvalue weighted by Gasteiger charge is 2.36. The van der Waals surface area contributed by atoms with E-state index < -0.39 is 7.14 Å². The summed E-state index contributed by atoms with van der Waals surface area (Å²) in [5.41, 5.74) is 11.5. The maximum atomic E-state index is 14.3. The average Bonchev–Trinajstić information content (AvgIpc) is 3.50. The number of benzene rings is 8.